The molecule has 0 aliphatic heterocycles. The van der Waals surface area contributed by atoms with E-state index in [2.05, 4.69) is 55.4 Å². The van der Waals surface area contributed by atoms with E-state index >= 15 is 0 Å². The van der Waals surface area contributed by atoms with Crippen LogP contribution in [0.3, 0.4) is 0 Å². The Morgan fingerprint density at radius 2 is 1.61 bits per heavy atom. The van der Waals surface area contributed by atoms with Gasteiger partial charge >= 0.3 is 37.7 Å². The van der Waals surface area contributed by atoms with Gasteiger partial charge in [0.25, 0.3) is 0 Å². The van der Waals surface area contributed by atoms with Crippen LogP contribution in [0.1, 0.15) is 41.5 Å². The molecule has 0 heterocycles. The van der Waals surface area contributed by atoms with E-state index in [9.17, 15) is 0 Å². The van der Waals surface area contributed by atoms with E-state index in [4.69, 9.17) is 17.2 Å². The summed E-state index contributed by atoms with van der Waals surface area (Å²) in [6, 6.07) is 0. The maximum absolute atomic E-state index is 4.95. The average Bonchev–Trinajstić information content (AvgIpc) is 2.25. The van der Waals surface area contributed by atoms with Crippen LogP contribution in [0.25, 0.3) is 0 Å². The summed E-state index contributed by atoms with van der Waals surface area (Å²) in [4.78, 5) is 4.40. The molecule has 18 heavy (non-hydrogen) atoms. The summed E-state index contributed by atoms with van der Waals surface area (Å²) in [7, 11) is 9.91. The summed E-state index contributed by atoms with van der Waals surface area (Å²) >= 11 is -0.946. The van der Waals surface area contributed by atoms with Crippen LogP contribution in [0.15, 0.2) is 4.99 Å². The molecule has 0 aromatic rings. The first-order valence-corrected chi connectivity index (χ1v) is 14.6. The molecule has 1 radical (unpaired) electrons. The van der Waals surface area contributed by atoms with E-state index in [0.717, 1.165) is 25.6 Å². The molecule has 0 saturated carbocycles. The van der Waals surface area contributed by atoms with Crippen molar-refractivity contribution in [1.29, 1.82) is 0 Å². The van der Waals surface area contributed by atoms with Gasteiger partial charge in [0, 0.05) is 25.2 Å². The number of rotatable bonds is 4. The number of aliphatic imine (C=N–C) groups is 1. The van der Waals surface area contributed by atoms with E-state index in [1.165, 1.54) is 0 Å². The van der Waals surface area contributed by atoms with Crippen molar-refractivity contribution in [2.75, 3.05) is 19.6 Å². The molecule has 4 nitrogen and oxygen atoms in total. The van der Waals surface area contributed by atoms with E-state index < -0.39 is 20.5 Å². The Morgan fingerprint density at radius 1 is 1.17 bits per heavy atom. The van der Waals surface area contributed by atoms with E-state index in [0.29, 0.717) is 0 Å². The van der Waals surface area contributed by atoms with Gasteiger partial charge in [0.2, 0.25) is 5.96 Å². The van der Waals surface area contributed by atoms with Crippen LogP contribution in [0.2, 0.25) is 0 Å². The zero-order chi connectivity index (χ0) is 14.6. The van der Waals surface area contributed by atoms with E-state index in [1.807, 2.05) is 6.92 Å². The molecule has 0 aromatic carbocycles. The quantitative estimate of drug-likeness (QED) is 0.433. The van der Waals surface area contributed by atoms with Crippen molar-refractivity contribution in [2.24, 2.45) is 4.99 Å². The molecular formula is C11H26Cl2InN4. The Bertz CT molecular complexity index is 216. The predicted molar refractivity (Wildman–Crippen MR) is 84.4 cm³/mol. The van der Waals surface area contributed by atoms with Gasteiger partial charge in [-0.1, -0.05) is 13.8 Å². The van der Waals surface area contributed by atoms with Gasteiger partial charge < -0.3 is 5.32 Å². The second kappa shape index (κ2) is 12.7. The van der Waals surface area contributed by atoms with Crippen LogP contribution in [-0.4, -0.2) is 56.7 Å². The van der Waals surface area contributed by atoms with Crippen molar-refractivity contribution in [3.8, 4) is 0 Å². The minimum atomic E-state index is -0.946. The third-order valence-electron chi connectivity index (χ3n) is 1.84. The molecule has 0 saturated heterocycles. The zero-order valence-corrected chi connectivity index (χ0v) is 17.2. The Morgan fingerprint density at radius 3 is 1.89 bits per heavy atom. The SMILES string of the molecule is CCN=C(NN(CC)CC)NC(C)(C)C.[Cl][In][Cl]. The second-order valence-electron chi connectivity index (χ2n) is 4.56. The van der Waals surface area contributed by atoms with Crippen molar-refractivity contribution in [2.45, 2.75) is 47.1 Å². The molecule has 7 heteroatoms. The summed E-state index contributed by atoms with van der Waals surface area (Å²) in [5.41, 5.74) is 3.32. The number of guanidine groups is 1. The molecule has 0 bridgehead atoms. The molecule has 0 fully saturated rings. The normalized spacial score (nSPS) is 11.7. The first-order chi connectivity index (χ1) is 8.34. The van der Waals surface area contributed by atoms with Gasteiger partial charge in [0.05, 0.1) is 0 Å². The molecular weight excluding hydrogens is 374 g/mol. The number of hydrogen-bond donors (Lipinski definition) is 2. The van der Waals surface area contributed by atoms with Crippen molar-refractivity contribution >= 4 is 43.7 Å². The van der Waals surface area contributed by atoms with Gasteiger partial charge in [-0.3, -0.25) is 10.4 Å². The number of hydrazine groups is 1. The van der Waals surface area contributed by atoms with Gasteiger partial charge in [-0.2, -0.15) is 0 Å². The van der Waals surface area contributed by atoms with Gasteiger partial charge in [-0.05, 0) is 27.7 Å². The summed E-state index contributed by atoms with van der Waals surface area (Å²) in [5.74, 6) is 0.855. The van der Waals surface area contributed by atoms with Gasteiger partial charge in [0.15, 0.2) is 0 Å². The predicted octanol–water partition coefficient (Wildman–Crippen LogP) is 2.60. The fraction of sp³-hybridized carbons (Fsp3) is 0.909. The molecule has 0 aliphatic rings. The van der Waals surface area contributed by atoms with Crippen LogP contribution >= 0.6 is 17.2 Å². The van der Waals surface area contributed by atoms with Crippen LogP contribution in [0.4, 0.5) is 0 Å². The topological polar surface area (TPSA) is 39.7 Å². The van der Waals surface area contributed by atoms with Gasteiger partial charge in [-0.25, -0.2) is 5.01 Å². The molecule has 0 aromatic heterocycles. The van der Waals surface area contributed by atoms with Crippen molar-refractivity contribution in [3.63, 3.8) is 0 Å². The third-order valence-corrected chi connectivity index (χ3v) is 1.84. The maximum atomic E-state index is 4.95. The van der Waals surface area contributed by atoms with E-state index in [1.54, 1.807) is 0 Å². The zero-order valence-electron chi connectivity index (χ0n) is 12.3. The monoisotopic (exact) mass is 399 g/mol. The number of hydrogen-bond acceptors (Lipinski definition) is 2. The molecule has 0 spiro atoms. The Labute approximate surface area is 130 Å². The van der Waals surface area contributed by atoms with Crippen LogP contribution in [-0.2, 0) is 0 Å². The van der Waals surface area contributed by atoms with Crippen molar-refractivity contribution in [1.82, 2.24) is 15.8 Å². The van der Waals surface area contributed by atoms with Crippen molar-refractivity contribution < 1.29 is 0 Å². The third kappa shape index (κ3) is 14.7. The molecule has 2 N–H and O–H groups in total. The molecule has 0 atom stereocenters. The van der Waals surface area contributed by atoms with Crippen LogP contribution in [0, 0.1) is 0 Å². The standard InChI is InChI=1S/C11H26N4.2ClH.In/c1-7-12-10(13-11(4,5)6)14-15(8-2)9-3;;;/h7-9H2,1-6H3,(H2,12,13,14);2*1H;/q;;;+2/p-2. The van der Waals surface area contributed by atoms with Gasteiger partial charge in [0.1, 0.15) is 0 Å². The summed E-state index contributed by atoms with van der Waals surface area (Å²) < 4.78 is 0. The Balaban J connectivity index is 0. The molecule has 0 aliphatic carbocycles. The number of nitrogens with one attached hydrogen (secondary N) is 2. The summed E-state index contributed by atoms with van der Waals surface area (Å²) in [5, 5.41) is 5.47. The number of nitrogens with zero attached hydrogens (tertiary/aromatic N) is 2. The first kappa shape index (κ1) is 21.0. The molecule has 0 rings (SSSR count). The fourth-order valence-corrected chi connectivity index (χ4v) is 1.15. The second-order valence-corrected chi connectivity index (χ2v) is 9.46. The van der Waals surface area contributed by atoms with Gasteiger partial charge in [-0.15, -0.1) is 0 Å². The summed E-state index contributed by atoms with van der Waals surface area (Å²) in [6.45, 7) is 15.4. The van der Waals surface area contributed by atoms with Crippen LogP contribution in [0.5, 0.6) is 0 Å². The van der Waals surface area contributed by atoms with Crippen molar-refractivity contribution in [3.05, 3.63) is 0 Å². The molecule has 107 valence electrons. The molecule has 0 unspecified atom stereocenters. The number of halogens is 2. The molecule has 0 amide bonds. The fourth-order valence-electron chi connectivity index (χ4n) is 1.15. The average molecular weight is 400 g/mol. The Hall–Kier alpha value is 0.680. The Kier molecular flexibility index (Phi) is 14.8. The van der Waals surface area contributed by atoms with E-state index in [-0.39, 0.29) is 5.54 Å². The summed E-state index contributed by atoms with van der Waals surface area (Å²) in [6.07, 6.45) is 0. The van der Waals surface area contributed by atoms with Crippen LogP contribution < -0.4 is 10.7 Å². The first-order valence-electron chi connectivity index (χ1n) is 6.20. The minimum absolute atomic E-state index is 0.0359.